The maximum atomic E-state index is 12.8. The lowest BCUT2D eigenvalue weighted by atomic mass is 10.0. The van der Waals surface area contributed by atoms with Crippen molar-refractivity contribution in [1.82, 2.24) is 23.4 Å². The number of aryl methyl sites for hydroxylation is 2. The lowest BCUT2D eigenvalue weighted by molar-refractivity contribution is 0.450. The van der Waals surface area contributed by atoms with Gasteiger partial charge in [-0.05, 0) is 24.0 Å². The number of fused-ring (bicyclic) bond motifs is 2. The van der Waals surface area contributed by atoms with Crippen LogP contribution in [0.1, 0.15) is 0 Å². The molecule has 5 rings (SSSR count). The molecule has 1 aromatic carbocycles. The molecule has 4 heterocycles. The van der Waals surface area contributed by atoms with E-state index in [-0.39, 0.29) is 5.03 Å². The smallest absolute Gasteiger partial charge is 0.262 e. The fraction of sp³-hybridized carbons (Fsp3) is 0.444. The second kappa shape index (κ2) is 5.80. The molecule has 27 heavy (non-hydrogen) atoms. The van der Waals surface area contributed by atoms with Crippen LogP contribution < -0.4 is 4.90 Å². The van der Waals surface area contributed by atoms with Gasteiger partial charge in [0.05, 0.1) is 17.4 Å². The molecule has 2 aliphatic heterocycles. The summed E-state index contributed by atoms with van der Waals surface area (Å²) in [6.45, 7) is 2.75. The number of benzene rings is 1. The fourth-order valence-corrected chi connectivity index (χ4v) is 5.90. The second-order valence-electron chi connectivity index (χ2n) is 7.58. The van der Waals surface area contributed by atoms with E-state index in [1.807, 2.05) is 25.2 Å². The van der Waals surface area contributed by atoms with E-state index in [2.05, 4.69) is 20.5 Å². The van der Waals surface area contributed by atoms with E-state index >= 15 is 0 Å². The van der Waals surface area contributed by atoms with E-state index in [9.17, 15) is 8.42 Å². The summed E-state index contributed by atoms with van der Waals surface area (Å²) >= 11 is 0. The van der Waals surface area contributed by atoms with Gasteiger partial charge in [-0.15, -0.1) is 0 Å². The Hall–Kier alpha value is -2.39. The molecule has 9 heteroatoms. The van der Waals surface area contributed by atoms with E-state index < -0.39 is 10.0 Å². The molecule has 0 aliphatic carbocycles. The Morgan fingerprint density at radius 1 is 1.04 bits per heavy atom. The average Bonchev–Trinajstić information content (AvgIpc) is 3.37. The molecule has 0 spiro atoms. The summed E-state index contributed by atoms with van der Waals surface area (Å²) < 4.78 is 31.0. The number of nitrogens with zero attached hydrogens (tertiary/aromatic N) is 6. The maximum absolute atomic E-state index is 12.8. The van der Waals surface area contributed by atoms with Crippen molar-refractivity contribution in [1.29, 1.82) is 0 Å². The Kier molecular flexibility index (Phi) is 3.60. The molecule has 142 valence electrons. The van der Waals surface area contributed by atoms with Crippen molar-refractivity contribution in [3.05, 3.63) is 36.8 Å². The molecule has 0 saturated carbocycles. The van der Waals surface area contributed by atoms with Crippen molar-refractivity contribution in [2.45, 2.75) is 5.03 Å². The Balaban J connectivity index is 1.35. The summed E-state index contributed by atoms with van der Waals surface area (Å²) in [7, 11) is 0.307. The number of sulfonamides is 1. The van der Waals surface area contributed by atoms with E-state index in [1.54, 1.807) is 22.1 Å². The van der Waals surface area contributed by atoms with Crippen molar-refractivity contribution < 1.29 is 8.42 Å². The number of imidazole rings is 2. The monoisotopic (exact) mass is 386 g/mol. The van der Waals surface area contributed by atoms with Gasteiger partial charge in [-0.25, -0.2) is 18.4 Å². The standard InChI is InChI=1S/C18H22N6O2S/c1-21-11-17(19-12-21)27(25,26)24-9-13-7-23(8-14(13)10-24)18-20-15-5-3-4-6-16(15)22(18)2/h3-6,11-14H,7-10H2,1-2H3. The lowest BCUT2D eigenvalue weighted by Gasteiger charge is -2.21. The molecule has 2 saturated heterocycles. The van der Waals surface area contributed by atoms with Gasteiger partial charge in [-0.3, -0.25) is 0 Å². The largest absolute Gasteiger partial charge is 0.342 e. The van der Waals surface area contributed by atoms with Crippen molar-refractivity contribution in [2.75, 3.05) is 31.1 Å². The topological polar surface area (TPSA) is 76.3 Å². The van der Waals surface area contributed by atoms with Crippen LogP contribution in [0.3, 0.4) is 0 Å². The highest BCUT2D eigenvalue weighted by Gasteiger charge is 2.45. The minimum atomic E-state index is -3.51. The summed E-state index contributed by atoms with van der Waals surface area (Å²) in [4.78, 5) is 11.1. The Bertz CT molecular complexity index is 1100. The zero-order valence-corrected chi connectivity index (χ0v) is 16.2. The van der Waals surface area contributed by atoms with Crippen molar-refractivity contribution in [2.24, 2.45) is 25.9 Å². The van der Waals surface area contributed by atoms with Crippen LogP contribution in [0.25, 0.3) is 11.0 Å². The third-order valence-corrected chi connectivity index (χ3v) is 7.50. The van der Waals surface area contributed by atoms with Gasteiger partial charge < -0.3 is 14.0 Å². The van der Waals surface area contributed by atoms with Gasteiger partial charge in [-0.1, -0.05) is 12.1 Å². The summed E-state index contributed by atoms with van der Waals surface area (Å²) in [5.74, 6) is 1.61. The molecule has 3 aromatic rings. The van der Waals surface area contributed by atoms with Gasteiger partial charge in [0.15, 0.2) is 5.03 Å². The highest BCUT2D eigenvalue weighted by atomic mass is 32.2. The summed E-state index contributed by atoms with van der Waals surface area (Å²) in [5.41, 5.74) is 2.11. The maximum Gasteiger partial charge on any atom is 0.262 e. The summed E-state index contributed by atoms with van der Waals surface area (Å²) in [5, 5.41) is 0.136. The van der Waals surface area contributed by atoms with Gasteiger partial charge in [0.25, 0.3) is 10.0 Å². The number of anilines is 1. The van der Waals surface area contributed by atoms with Crippen molar-refractivity contribution >= 4 is 27.0 Å². The van der Waals surface area contributed by atoms with Crippen molar-refractivity contribution in [3.8, 4) is 0 Å². The van der Waals surface area contributed by atoms with Gasteiger partial charge in [0.2, 0.25) is 5.95 Å². The van der Waals surface area contributed by atoms with Crippen LogP contribution in [0, 0.1) is 11.8 Å². The quantitative estimate of drug-likeness (QED) is 0.673. The zero-order chi connectivity index (χ0) is 18.8. The number of hydrogen-bond donors (Lipinski definition) is 0. The first kappa shape index (κ1) is 16.8. The minimum absolute atomic E-state index is 0.136. The average molecular weight is 386 g/mol. The number of hydrogen-bond acceptors (Lipinski definition) is 5. The summed E-state index contributed by atoms with van der Waals surface area (Å²) in [6.07, 6.45) is 3.09. The minimum Gasteiger partial charge on any atom is -0.342 e. The Labute approximate surface area is 158 Å². The predicted molar refractivity (Wildman–Crippen MR) is 102 cm³/mol. The first-order chi connectivity index (χ1) is 12.9. The van der Waals surface area contributed by atoms with Gasteiger partial charge >= 0.3 is 0 Å². The molecule has 8 nitrogen and oxygen atoms in total. The van der Waals surface area contributed by atoms with E-state index in [0.29, 0.717) is 24.9 Å². The van der Waals surface area contributed by atoms with Crippen LogP contribution in [0.4, 0.5) is 5.95 Å². The third-order valence-electron chi connectivity index (χ3n) is 5.78. The van der Waals surface area contributed by atoms with E-state index in [1.165, 1.54) is 6.33 Å². The van der Waals surface area contributed by atoms with Crippen LogP contribution in [-0.4, -0.2) is 58.0 Å². The molecule has 0 bridgehead atoms. The summed E-state index contributed by atoms with van der Waals surface area (Å²) in [6, 6.07) is 8.12. The number of rotatable bonds is 3. The number of aromatic nitrogens is 4. The number of para-hydroxylation sites is 2. The van der Waals surface area contributed by atoms with Crippen LogP contribution in [0.2, 0.25) is 0 Å². The first-order valence-electron chi connectivity index (χ1n) is 9.08. The highest BCUT2D eigenvalue weighted by Crippen LogP contribution is 2.36. The molecule has 0 N–H and O–H groups in total. The van der Waals surface area contributed by atoms with Crippen LogP contribution >= 0.6 is 0 Å². The van der Waals surface area contributed by atoms with E-state index in [4.69, 9.17) is 4.98 Å². The fourth-order valence-electron chi connectivity index (χ4n) is 4.38. The molecular formula is C18H22N6O2S. The normalized spacial score (nSPS) is 23.4. The third kappa shape index (κ3) is 2.56. The Morgan fingerprint density at radius 2 is 1.74 bits per heavy atom. The van der Waals surface area contributed by atoms with Crippen LogP contribution in [-0.2, 0) is 24.1 Å². The molecule has 2 fully saturated rings. The second-order valence-corrected chi connectivity index (χ2v) is 9.47. The van der Waals surface area contributed by atoms with Crippen molar-refractivity contribution in [3.63, 3.8) is 0 Å². The zero-order valence-electron chi connectivity index (χ0n) is 15.4. The van der Waals surface area contributed by atoms with Gasteiger partial charge in [-0.2, -0.15) is 4.31 Å². The Morgan fingerprint density at radius 3 is 2.37 bits per heavy atom. The molecule has 2 unspecified atom stereocenters. The molecular weight excluding hydrogens is 364 g/mol. The van der Waals surface area contributed by atoms with Crippen LogP contribution in [0.5, 0.6) is 0 Å². The van der Waals surface area contributed by atoms with Gasteiger partial charge in [0, 0.05) is 46.5 Å². The predicted octanol–water partition coefficient (Wildman–Crippen LogP) is 1.06. The SMILES string of the molecule is Cn1cnc(S(=O)(=O)N2CC3CN(c4nc5ccccc5n4C)CC3C2)c1. The first-order valence-corrected chi connectivity index (χ1v) is 10.5. The van der Waals surface area contributed by atoms with Gasteiger partial charge in [0.1, 0.15) is 0 Å². The van der Waals surface area contributed by atoms with E-state index in [0.717, 1.165) is 30.1 Å². The molecule has 0 amide bonds. The molecule has 2 aromatic heterocycles. The van der Waals surface area contributed by atoms with Crippen LogP contribution in [0.15, 0.2) is 41.8 Å². The molecule has 2 aliphatic rings. The lowest BCUT2D eigenvalue weighted by Crippen LogP contribution is -2.34. The highest BCUT2D eigenvalue weighted by molar-refractivity contribution is 7.89. The molecule has 2 atom stereocenters. The molecule has 0 radical (unpaired) electrons.